The van der Waals surface area contributed by atoms with Crippen LogP contribution in [0.5, 0.6) is 0 Å². The lowest BCUT2D eigenvalue weighted by atomic mass is 9.98. The van der Waals surface area contributed by atoms with Crippen molar-refractivity contribution in [3.8, 4) is 6.07 Å². The quantitative estimate of drug-likeness (QED) is 0.568. The zero-order valence-electron chi connectivity index (χ0n) is 8.11. The van der Waals surface area contributed by atoms with Crippen LogP contribution in [0.4, 0.5) is 0 Å². The summed E-state index contributed by atoms with van der Waals surface area (Å²) in [5.74, 6) is 0. The topological polar surface area (TPSA) is 61.1 Å². The first-order valence-corrected chi connectivity index (χ1v) is 4.24. The molecule has 14 heavy (non-hydrogen) atoms. The molecule has 0 aliphatic carbocycles. The Bertz CT molecular complexity index is 381. The summed E-state index contributed by atoms with van der Waals surface area (Å²) in [6.45, 7) is 3.56. The van der Waals surface area contributed by atoms with Gasteiger partial charge in [0.05, 0.1) is 6.07 Å². The Morgan fingerprint density at radius 1 is 1.43 bits per heavy atom. The summed E-state index contributed by atoms with van der Waals surface area (Å²) >= 11 is 0. The fraction of sp³-hybridized carbons (Fsp3) is 0.273. The molecule has 0 saturated carbocycles. The molecule has 3 nitrogen and oxygen atoms in total. The van der Waals surface area contributed by atoms with Crippen LogP contribution in [0, 0.1) is 25.2 Å². The van der Waals surface area contributed by atoms with Gasteiger partial charge in [-0.05, 0) is 30.5 Å². The van der Waals surface area contributed by atoms with Gasteiger partial charge in [-0.2, -0.15) is 5.26 Å². The van der Waals surface area contributed by atoms with Crippen LogP contribution in [0.2, 0.25) is 0 Å². The van der Waals surface area contributed by atoms with Crippen molar-refractivity contribution in [2.45, 2.75) is 20.0 Å². The number of rotatable bonds is 2. The molecule has 0 radical (unpaired) electrons. The van der Waals surface area contributed by atoms with Gasteiger partial charge in [0.1, 0.15) is 0 Å². The molecule has 0 aliphatic heterocycles. The first kappa shape index (κ1) is 10.4. The molecule has 1 aromatic rings. The van der Waals surface area contributed by atoms with E-state index in [4.69, 9.17) is 5.26 Å². The summed E-state index contributed by atoms with van der Waals surface area (Å²) in [5, 5.41) is 17.8. The number of aliphatic hydroxyl groups excluding tert-OH is 1. The molecule has 1 aromatic carbocycles. The second kappa shape index (κ2) is 4.03. The highest BCUT2D eigenvalue weighted by molar-refractivity contribution is 5.79. The molecule has 72 valence electrons. The predicted octanol–water partition coefficient (Wildman–Crippen LogP) is 1.67. The Kier molecular flexibility index (Phi) is 3.00. The predicted molar refractivity (Wildman–Crippen MR) is 51.9 cm³/mol. The monoisotopic (exact) mass is 189 g/mol. The van der Waals surface area contributed by atoms with Crippen LogP contribution < -0.4 is 0 Å². The molecule has 1 unspecified atom stereocenters. The van der Waals surface area contributed by atoms with Crippen LogP contribution in [0.1, 0.15) is 33.2 Å². The van der Waals surface area contributed by atoms with Crippen molar-refractivity contribution in [2.75, 3.05) is 0 Å². The van der Waals surface area contributed by atoms with Gasteiger partial charge in [0.15, 0.2) is 12.4 Å². The molecular formula is C11H11NO2. The van der Waals surface area contributed by atoms with Gasteiger partial charge in [0.25, 0.3) is 0 Å². The number of nitrogens with zero attached hydrogens (tertiary/aromatic N) is 1. The fourth-order valence-corrected chi connectivity index (χ4v) is 1.43. The summed E-state index contributed by atoms with van der Waals surface area (Å²) in [4.78, 5) is 10.7. The molecule has 0 aliphatic rings. The molecule has 0 fully saturated rings. The van der Waals surface area contributed by atoms with Crippen LogP contribution in [0.15, 0.2) is 12.1 Å². The number of carbonyl (C=O) groups is 1. The second-order valence-electron chi connectivity index (χ2n) is 3.22. The third-order valence-corrected chi connectivity index (χ3v) is 2.17. The molecule has 0 spiro atoms. The van der Waals surface area contributed by atoms with E-state index in [1.54, 1.807) is 32.0 Å². The minimum Gasteiger partial charge on any atom is -0.374 e. The summed E-state index contributed by atoms with van der Waals surface area (Å²) in [6.07, 6.45) is -0.333. The third-order valence-electron chi connectivity index (χ3n) is 2.17. The van der Waals surface area contributed by atoms with Crippen LogP contribution in [0.3, 0.4) is 0 Å². The number of benzene rings is 1. The minimum atomic E-state index is -1.12. The molecule has 0 bridgehead atoms. The van der Waals surface area contributed by atoms with Crippen LogP contribution in [-0.4, -0.2) is 11.4 Å². The van der Waals surface area contributed by atoms with Gasteiger partial charge in [-0.3, -0.25) is 4.79 Å². The molecule has 0 heterocycles. The highest BCUT2D eigenvalue weighted by Crippen LogP contribution is 2.19. The highest BCUT2D eigenvalue weighted by atomic mass is 16.3. The lowest BCUT2D eigenvalue weighted by Crippen LogP contribution is -1.99. The van der Waals surface area contributed by atoms with E-state index in [9.17, 15) is 9.90 Å². The van der Waals surface area contributed by atoms with Crippen molar-refractivity contribution in [3.05, 3.63) is 34.4 Å². The van der Waals surface area contributed by atoms with Crippen molar-refractivity contribution in [1.82, 2.24) is 0 Å². The summed E-state index contributed by atoms with van der Waals surface area (Å²) < 4.78 is 0. The minimum absolute atomic E-state index is 0.535. The number of nitriles is 1. The summed E-state index contributed by atoms with van der Waals surface area (Å²) in [7, 11) is 0. The largest absolute Gasteiger partial charge is 0.374 e. The summed E-state index contributed by atoms with van der Waals surface area (Å²) in [5.41, 5.74) is 2.72. The van der Waals surface area contributed by atoms with E-state index >= 15 is 0 Å². The normalized spacial score (nSPS) is 11.9. The molecule has 0 aromatic heterocycles. The van der Waals surface area contributed by atoms with Gasteiger partial charge in [-0.1, -0.05) is 12.1 Å². The Morgan fingerprint density at radius 2 is 1.93 bits per heavy atom. The first-order valence-electron chi connectivity index (χ1n) is 4.24. The fourth-order valence-electron chi connectivity index (χ4n) is 1.43. The molecular weight excluding hydrogens is 178 g/mol. The van der Waals surface area contributed by atoms with E-state index in [2.05, 4.69) is 0 Å². The van der Waals surface area contributed by atoms with Gasteiger partial charge >= 0.3 is 0 Å². The maximum Gasteiger partial charge on any atom is 0.165 e. The van der Waals surface area contributed by atoms with E-state index in [-0.39, 0.29) is 0 Å². The van der Waals surface area contributed by atoms with Crippen LogP contribution in [0.25, 0.3) is 0 Å². The molecule has 1 N–H and O–H groups in total. The summed E-state index contributed by atoms with van der Waals surface area (Å²) in [6, 6.07) is 5.06. The Morgan fingerprint density at radius 3 is 2.29 bits per heavy atom. The number of aryl methyl sites for hydroxylation is 2. The second-order valence-corrected chi connectivity index (χ2v) is 3.22. The van der Waals surface area contributed by atoms with Crippen LogP contribution >= 0.6 is 0 Å². The average Bonchev–Trinajstić information content (AvgIpc) is 2.16. The Balaban J connectivity index is 3.28. The van der Waals surface area contributed by atoms with E-state index < -0.39 is 6.10 Å². The molecule has 0 saturated heterocycles. The maximum absolute atomic E-state index is 10.7. The van der Waals surface area contributed by atoms with Crippen molar-refractivity contribution in [1.29, 1.82) is 5.26 Å². The average molecular weight is 189 g/mol. The van der Waals surface area contributed by atoms with E-state index in [1.807, 2.05) is 0 Å². The Labute approximate surface area is 82.6 Å². The lowest BCUT2D eigenvalue weighted by molar-refractivity contribution is 0.112. The highest BCUT2D eigenvalue weighted by Gasteiger charge is 2.09. The van der Waals surface area contributed by atoms with Crippen molar-refractivity contribution < 1.29 is 9.90 Å². The van der Waals surface area contributed by atoms with E-state index in [0.29, 0.717) is 11.1 Å². The number of hydrogen-bond acceptors (Lipinski definition) is 3. The van der Waals surface area contributed by atoms with E-state index in [0.717, 1.165) is 17.4 Å². The molecule has 3 heteroatoms. The number of aliphatic hydroxyl groups is 1. The molecule has 1 atom stereocenters. The van der Waals surface area contributed by atoms with Gasteiger partial charge in [0.2, 0.25) is 0 Å². The van der Waals surface area contributed by atoms with Gasteiger partial charge in [-0.25, -0.2) is 0 Å². The van der Waals surface area contributed by atoms with Crippen molar-refractivity contribution in [2.24, 2.45) is 0 Å². The smallest absolute Gasteiger partial charge is 0.165 e. The van der Waals surface area contributed by atoms with Crippen molar-refractivity contribution >= 4 is 6.29 Å². The maximum atomic E-state index is 10.7. The van der Waals surface area contributed by atoms with Crippen LogP contribution in [-0.2, 0) is 0 Å². The Hall–Kier alpha value is -1.66. The lowest BCUT2D eigenvalue weighted by Gasteiger charge is -2.08. The van der Waals surface area contributed by atoms with Crippen molar-refractivity contribution in [3.63, 3.8) is 0 Å². The van der Waals surface area contributed by atoms with Gasteiger partial charge in [0, 0.05) is 5.56 Å². The third kappa shape index (κ3) is 1.81. The van der Waals surface area contributed by atoms with E-state index in [1.165, 1.54) is 0 Å². The zero-order valence-corrected chi connectivity index (χ0v) is 8.11. The molecule has 1 rings (SSSR count). The number of hydrogen-bond donors (Lipinski definition) is 1. The van der Waals surface area contributed by atoms with Gasteiger partial charge < -0.3 is 5.11 Å². The SMILES string of the molecule is Cc1cc(C(O)C#N)cc(C)c1C=O. The first-order chi connectivity index (χ1) is 6.60. The number of aldehydes is 1. The van der Waals surface area contributed by atoms with Gasteiger partial charge in [-0.15, -0.1) is 0 Å². The number of carbonyl (C=O) groups excluding carboxylic acids is 1. The molecule has 0 amide bonds. The zero-order chi connectivity index (χ0) is 10.7. The standard InChI is InChI=1S/C11H11NO2/c1-7-3-9(11(14)5-12)4-8(2)10(7)6-13/h3-4,6,11,14H,1-2H3.